The van der Waals surface area contributed by atoms with E-state index >= 15 is 0 Å². The first-order valence-electron chi connectivity index (χ1n) is 9.60. The molecule has 0 fully saturated rings. The van der Waals surface area contributed by atoms with E-state index in [-0.39, 0.29) is 23.8 Å². The van der Waals surface area contributed by atoms with Crippen molar-refractivity contribution in [1.82, 2.24) is 19.9 Å². The monoisotopic (exact) mass is 466 g/mol. The molecule has 1 aromatic carbocycles. The Hall–Kier alpha value is -2.89. The Morgan fingerprint density at radius 1 is 1.28 bits per heavy atom. The molecule has 2 aromatic heterocycles. The Balaban J connectivity index is 1.71. The third-order valence-electron chi connectivity index (χ3n) is 5.20. The summed E-state index contributed by atoms with van der Waals surface area (Å²) in [6, 6.07) is 6.07. The summed E-state index contributed by atoms with van der Waals surface area (Å²) in [5.41, 5.74) is 0.843. The van der Waals surface area contributed by atoms with E-state index in [1.165, 1.54) is 12.1 Å². The number of β-amino-alcohol motifs (C(OH)–C–C–N with tert-alkyl or cyclic N) is 1. The van der Waals surface area contributed by atoms with Gasteiger partial charge in [0.05, 0.1) is 12.4 Å². The van der Waals surface area contributed by atoms with Crippen LogP contribution in [0.1, 0.15) is 32.7 Å². The summed E-state index contributed by atoms with van der Waals surface area (Å²) in [5, 5.41) is 10.8. The Morgan fingerprint density at radius 3 is 2.69 bits per heavy atom. The molecule has 32 heavy (non-hydrogen) atoms. The average molecular weight is 466 g/mol. The van der Waals surface area contributed by atoms with Crippen LogP contribution < -0.4 is 5.69 Å². The zero-order valence-electron chi connectivity index (χ0n) is 16.7. The second-order valence-corrected chi connectivity index (χ2v) is 8.49. The van der Waals surface area contributed by atoms with Crippen LogP contribution >= 0.6 is 11.3 Å². The summed E-state index contributed by atoms with van der Waals surface area (Å²) in [7, 11) is 0. The van der Waals surface area contributed by atoms with Gasteiger partial charge in [0.2, 0.25) is 0 Å². The molecule has 0 aliphatic carbocycles. The largest absolute Gasteiger partial charge is 0.425 e. The number of alkyl halides is 3. The van der Waals surface area contributed by atoms with Gasteiger partial charge in [-0.2, -0.15) is 18.2 Å². The zero-order valence-corrected chi connectivity index (χ0v) is 17.5. The lowest BCUT2D eigenvalue weighted by molar-refractivity contribution is -0.134. The molecule has 3 heterocycles. The minimum absolute atomic E-state index is 0.0229. The minimum Gasteiger partial charge on any atom is -0.387 e. The molecule has 3 aromatic rings. The van der Waals surface area contributed by atoms with Crippen molar-refractivity contribution in [2.24, 2.45) is 0 Å². The summed E-state index contributed by atoms with van der Waals surface area (Å²) < 4.78 is 53.5. The van der Waals surface area contributed by atoms with Crippen LogP contribution in [0.2, 0.25) is 0 Å². The number of aliphatic hydroxyl groups is 1. The van der Waals surface area contributed by atoms with Crippen molar-refractivity contribution >= 4 is 16.9 Å². The van der Waals surface area contributed by atoms with E-state index in [0.717, 1.165) is 12.4 Å². The van der Waals surface area contributed by atoms with Gasteiger partial charge in [-0.15, -0.1) is 11.3 Å². The number of hydrogen-bond donors (Lipinski definition) is 2. The maximum atomic E-state index is 14.0. The van der Waals surface area contributed by atoms with Gasteiger partial charge >= 0.3 is 11.9 Å². The lowest BCUT2D eigenvalue weighted by Crippen LogP contribution is -2.41. The highest BCUT2D eigenvalue weighted by Crippen LogP contribution is 2.40. The molecule has 11 heteroatoms. The van der Waals surface area contributed by atoms with Crippen molar-refractivity contribution in [3.05, 3.63) is 85.7 Å². The van der Waals surface area contributed by atoms with Gasteiger partial charge in [-0.3, -0.25) is 9.88 Å². The normalized spacial score (nSPS) is 18.4. The molecule has 1 aliphatic heterocycles. The average Bonchev–Trinajstić information content (AvgIpc) is 3.21. The smallest absolute Gasteiger partial charge is 0.387 e. The molecule has 0 bridgehead atoms. The van der Waals surface area contributed by atoms with Crippen LogP contribution in [0.4, 0.5) is 17.6 Å². The highest BCUT2D eigenvalue weighted by Gasteiger charge is 2.36. The van der Waals surface area contributed by atoms with Gasteiger partial charge in [0.15, 0.2) is 5.82 Å². The first-order chi connectivity index (χ1) is 15.1. The van der Waals surface area contributed by atoms with Crippen LogP contribution in [-0.2, 0) is 6.18 Å². The Bertz CT molecular complexity index is 1220. The maximum absolute atomic E-state index is 14.0. The number of halogens is 4. The standard InChI is InChI=1S/C21H18F4N4O2S/c1-11-2-3-12(8-14(11)22)13-6-7-29(9-15(13)30)18(19-26-10-27-20(31)28-19)16-4-5-17(32-16)21(23,24)25/h2-6,8,10,15,18,30H,7,9H2,1H3,(H,26,27,28,31). The first kappa shape index (κ1) is 22.3. The second kappa shape index (κ2) is 8.57. The number of rotatable bonds is 4. The van der Waals surface area contributed by atoms with Gasteiger partial charge < -0.3 is 5.11 Å². The molecule has 2 atom stereocenters. The number of aryl methyl sites for hydroxylation is 1. The topological polar surface area (TPSA) is 82.1 Å². The lowest BCUT2D eigenvalue weighted by Gasteiger charge is -2.35. The number of aromatic nitrogens is 3. The molecule has 4 rings (SSSR count). The van der Waals surface area contributed by atoms with Crippen LogP contribution in [-0.4, -0.2) is 44.2 Å². The van der Waals surface area contributed by atoms with Crippen molar-refractivity contribution in [2.75, 3.05) is 13.1 Å². The van der Waals surface area contributed by atoms with Gasteiger partial charge in [-0.25, -0.2) is 14.2 Å². The highest BCUT2D eigenvalue weighted by molar-refractivity contribution is 7.12. The van der Waals surface area contributed by atoms with Crippen LogP contribution in [0.3, 0.4) is 0 Å². The summed E-state index contributed by atoms with van der Waals surface area (Å²) >= 11 is 0.533. The fourth-order valence-corrected chi connectivity index (χ4v) is 4.62. The SMILES string of the molecule is Cc1ccc(C2=CCN(C(c3nc[nH]c(=O)n3)c3ccc(C(F)(F)F)s3)CC2O)cc1F. The van der Waals surface area contributed by atoms with Gasteiger partial charge in [-0.05, 0) is 41.8 Å². The molecular weight excluding hydrogens is 448 g/mol. The molecule has 168 valence electrons. The molecule has 2 N–H and O–H groups in total. The van der Waals surface area contributed by atoms with E-state index in [4.69, 9.17) is 0 Å². The maximum Gasteiger partial charge on any atom is 0.425 e. The van der Waals surface area contributed by atoms with E-state index in [1.54, 1.807) is 30.0 Å². The molecule has 0 saturated heterocycles. The van der Waals surface area contributed by atoms with Gasteiger partial charge in [0.25, 0.3) is 0 Å². The van der Waals surface area contributed by atoms with Crippen molar-refractivity contribution in [3.63, 3.8) is 0 Å². The third kappa shape index (κ3) is 4.50. The van der Waals surface area contributed by atoms with Crippen LogP contribution in [0.25, 0.3) is 5.57 Å². The van der Waals surface area contributed by atoms with E-state index in [0.29, 0.717) is 28.0 Å². The van der Waals surface area contributed by atoms with Gasteiger partial charge in [-0.1, -0.05) is 18.2 Å². The molecule has 6 nitrogen and oxygen atoms in total. The molecule has 0 spiro atoms. The number of thiophene rings is 1. The molecular formula is C21H18F4N4O2S. The van der Waals surface area contributed by atoms with Crippen molar-refractivity contribution < 1.29 is 22.7 Å². The summed E-state index contributed by atoms with van der Waals surface area (Å²) in [4.78, 5) is 23.1. The van der Waals surface area contributed by atoms with Gasteiger partial charge in [0.1, 0.15) is 16.7 Å². The van der Waals surface area contributed by atoms with Crippen molar-refractivity contribution in [1.29, 1.82) is 0 Å². The number of aromatic amines is 1. The summed E-state index contributed by atoms with van der Waals surface area (Å²) in [5.74, 6) is -0.374. The molecule has 0 amide bonds. The summed E-state index contributed by atoms with van der Waals surface area (Å²) in [6.07, 6.45) is -2.71. The minimum atomic E-state index is -4.51. The van der Waals surface area contributed by atoms with Crippen molar-refractivity contribution in [3.8, 4) is 0 Å². The number of nitrogens with one attached hydrogen (secondary N) is 1. The number of benzene rings is 1. The van der Waals surface area contributed by atoms with E-state index < -0.39 is 34.7 Å². The number of hydrogen-bond acceptors (Lipinski definition) is 6. The third-order valence-corrected chi connectivity index (χ3v) is 6.39. The quantitative estimate of drug-likeness (QED) is 0.575. The van der Waals surface area contributed by atoms with Crippen LogP contribution in [0.15, 0.2) is 47.5 Å². The second-order valence-electron chi connectivity index (χ2n) is 7.37. The first-order valence-corrected chi connectivity index (χ1v) is 10.4. The van der Waals surface area contributed by atoms with E-state index in [1.807, 2.05) is 0 Å². The fourth-order valence-electron chi connectivity index (χ4n) is 3.61. The van der Waals surface area contributed by atoms with E-state index in [2.05, 4.69) is 15.0 Å². The lowest BCUT2D eigenvalue weighted by atomic mass is 9.95. The summed E-state index contributed by atoms with van der Waals surface area (Å²) in [6.45, 7) is 1.89. The highest BCUT2D eigenvalue weighted by atomic mass is 32.1. The van der Waals surface area contributed by atoms with E-state index in [9.17, 15) is 27.5 Å². The Kier molecular flexibility index (Phi) is 5.97. The molecule has 0 saturated carbocycles. The predicted molar refractivity (Wildman–Crippen MR) is 111 cm³/mol. The Morgan fingerprint density at radius 2 is 2.06 bits per heavy atom. The number of nitrogens with zero attached hydrogens (tertiary/aromatic N) is 3. The van der Waals surface area contributed by atoms with Gasteiger partial charge in [0, 0.05) is 18.0 Å². The fraction of sp³-hybridized carbons (Fsp3) is 0.286. The Labute approximate surface area is 183 Å². The number of H-pyrrole nitrogens is 1. The number of aliphatic hydroxyl groups excluding tert-OH is 1. The van der Waals surface area contributed by atoms with Crippen LogP contribution in [0, 0.1) is 12.7 Å². The zero-order chi connectivity index (χ0) is 23.0. The molecule has 1 aliphatic rings. The van der Waals surface area contributed by atoms with Crippen molar-refractivity contribution in [2.45, 2.75) is 25.2 Å². The molecule has 2 unspecified atom stereocenters. The molecule has 0 radical (unpaired) electrons. The van der Waals surface area contributed by atoms with Crippen LogP contribution in [0.5, 0.6) is 0 Å². The predicted octanol–water partition coefficient (Wildman–Crippen LogP) is 3.54.